The lowest BCUT2D eigenvalue weighted by Crippen LogP contribution is -2.46. The average Bonchev–Trinajstić information content (AvgIpc) is 2.68. The summed E-state index contributed by atoms with van der Waals surface area (Å²) in [7, 11) is -3.73. The van der Waals surface area contributed by atoms with Gasteiger partial charge in [-0.25, -0.2) is 8.42 Å². The Morgan fingerprint density at radius 3 is 2.43 bits per heavy atom. The van der Waals surface area contributed by atoms with Crippen LogP contribution in [0.15, 0.2) is 53.4 Å². The highest BCUT2D eigenvalue weighted by Crippen LogP contribution is 2.21. The van der Waals surface area contributed by atoms with E-state index in [-0.39, 0.29) is 10.8 Å². The summed E-state index contributed by atoms with van der Waals surface area (Å²) in [4.78, 5) is 14.4. The second kappa shape index (κ2) is 8.81. The molecule has 150 valence electrons. The highest BCUT2D eigenvalue weighted by Gasteiger charge is 2.22. The Morgan fingerprint density at radius 2 is 1.75 bits per heavy atom. The van der Waals surface area contributed by atoms with E-state index >= 15 is 0 Å². The van der Waals surface area contributed by atoms with Gasteiger partial charge in [-0.15, -0.1) is 0 Å². The van der Waals surface area contributed by atoms with Gasteiger partial charge in [0.2, 0.25) is 5.91 Å². The molecule has 1 heterocycles. The van der Waals surface area contributed by atoms with E-state index in [1.54, 1.807) is 36.1 Å². The summed E-state index contributed by atoms with van der Waals surface area (Å²) in [5.74, 6) is -0.0181. The first-order chi connectivity index (χ1) is 13.3. The van der Waals surface area contributed by atoms with E-state index < -0.39 is 16.1 Å². The van der Waals surface area contributed by atoms with Gasteiger partial charge in [0.1, 0.15) is 6.04 Å². The minimum absolute atomic E-state index is 0.0181. The second-order valence-corrected chi connectivity index (χ2v) is 8.56. The number of morpholine rings is 1. The third-order valence-electron chi connectivity index (χ3n) is 4.32. The van der Waals surface area contributed by atoms with Gasteiger partial charge in [0.05, 0.1) is 23.8 Å². The first kappa shape index (κ1) is 20.4. The summed E-state index contributed by atoms with van der Waals surface area (Å²) in [6, 6.07) is 12.3. The first-order valence-corrected chi connectivity index (χ1v) is 10.7. The molecule has 1 atom stereocenters. The largest absolute Gasteiger partial charge is 0.378 e. The SMILES string of the molecule is CC(Nc1cccc(NS(=O)(=O)c2ccc(Cl)cc2)c1)C(=O)N1CCOCC1. The summed E-state index contributed by atoms with van der Waals surface area (Å²) < 4.78 is 32.8. The molecule has 0 aliphatic carbocycles. The topological polar surface area (TPSA) is 87.7 Å². The van der Waals surface area contributed by atoms with Gasteiger partial charge in [0.15, 0.2) is 0 Å². The minimum Gasteiger partial charge on any atom is -0.378 e. The summed E-state index contributed by atoms with van der Waals surface area (Å²) in [5.41, 5.74) is 1.04. The van der Waals surface area contributed by atoms with Gasteiger partial charge >= 0.3 is 0 Å². The fourth-order valence-electron chi connectivity index (χ4n) is 2.87. The molecule has 2 aromatic rings. The summed E-state index contributed by atoms with van der Waals surface area (Å²) in [6.07, 6.45) is 0. The quantitative estimate of drug-likeness (QED) is 0.745. The fraction of sp³-hybridized carbons (Fsp3) is 0.316. The van der Waals surface area contributed by atoms with Gasteiger partial charge < -0.3 is 15.0 Å². The van der Waals surface area contributed by atoms with Crippen molar-refractivity contribution in [2.24, 2.45) is 0 Å². The molecule has 0 aromatic heterocycles. The molecule has 0 bridgehead atoms. The number of sulfonamides is 1. The summed E-state index contributed by atoms with van der Waals surface area (Å²) >= 11 is 5.81. The number of hydrogen-bond donors (Lipinski definition) is 2. The summed E-state index contributed by atoms with van der Waals surface area (Å²) in [6.45, 7) is 4.01. The molecule has 28 heavy (non-hydrogen) atoms. The van der Waals surface area contributed by atoms with Crippen LogP contribution in [0.4, 0.5) is 11.4 Å². The number of rotatable bonds is 6. The summed E-state index contributed by atoms with van der Waals surface area (Å²) in [5, 5.41) is 3.59. The Hall–Kier alpha value is -2.29. The molecule has 1 unspecified atom stereocenters. The van der Waals surface area contributed by atoms with Crippen LogP contribution in [0.2, 0.25) is 5.02 Å². The molecule has 1 aliphatic rings. The van der Waals surface area contributed by atoms with Gasteiger partial charge in [0.25, 0.3) is 10.0 Å². The normalized spacial score (nSPS) is 15.7. The highest BCUT2D eigenvalue weighted by molar-refractivity contribution is 7.92. The Labute approximate surface area is 169 Å². The zero-order valence-corrected chi connectivity index (χ0v) is 17.0. The van der Waals surface area contributed by atoms with Crippen molar-refractivity contribution in [3.05, 3.63) is 53.6 Å². The molecule has 1 saturated heterocycles. The van der Waals surface area contributed by atoms with Crippen LogP contribution in [-0.2, 0) is 19.6 Å². The molecular formula is C19H22ClN3O4S. The molecule has 2 aromatic carbocycles. The molecule has 1 amide bonds. The number of carbonyl (C=O) groups is 1. The number of amides is 1. The van der Waals surface area contributed by atoms with E-state index in [2.05, 4.69) is 10.0 Å². The van der Waals surface area contributed by atoms with Gasteiger partial charge in [-0.2, -0.15) is 0 Å². The average molecular weight is 424 g/mol. The molecule has 3 rings (SSSR count). The van der Waals surface area contributed by atoms with Crippen molar-refractivity contribution in [1.29, 1.82) is 0 Å². The van der Waals surface area contributed by atoms with E-state index in [0.717, 1.165) is 0 Å². The number of ether oxygens (including phenoxy) is 1. The molecule has 2 N–H and O–H groups in total. The van der Waals surface area contributed by atoms with Crippen molar-refractivity contribution in [2.75, 3.05) is 36.3 Å². The van der Waals surface area contributed by atoms with Crippen LogP contribution >= 0.6 is 11.6 Å². The van der Waals surface area contributed by atoms with Crippen LogP contribution < -0.4 is 10.0 Å². The fourth-order valence-corrected chi connectivity index (χ4v) is 4.05. The van der Waals surface area contributed by atoms with Crippen LogP contribution in [-0.4, -0.2) is 51.6 Å². The molecule has 1 aliphatic heterocycles. The zero-order valence-electron chi connectivity index (χ0n) is 15.4. The van der Waals surface area contributed by atoms with Gasteiger partial charge in [0, 0.05) is 23.8 Å². The number of anilines is 2. The van der Waals surface area contributed by atoms with Crippen molar-refractivity contribution < 1.29 is 17.9 Å². The van der Waals surface area contributed by atoms with Crippen LogP contribution in [0.5, 0.6) is 0 Å². The van der Waals surface area contributed by atoms with Crippen molar-refractivity contribution in [2.45, 2.75) is 17.9 Å². The predicted octanol–water partition coefficient (Wildman–Crippen LogP) is 2.80. The third kappa shape index (κ3) is 5.15. The molecule has 0 saturated carbocycles. The monoisotopic (exact) mass is 423 g/mol. The van der Waals surface area contributed by atoms with Crippen molar-refractivity contribution in [1.82, 2.24) is 4.90 Å². The van der Waals surface area contributed by atoms with E-state index in [0.29, 0.717) is 42.7 Å². The van der Waals surface area contributed by atoms with Gasteiger partial charge in [-0.1, -0.05) is 17.7 Å². The highest BCUT2D eigenvalue weighted by atomic mass is 35.5. The van der Waals surface area contributed by atoms with E-state index in [9.17, 15) is 13.2 Å². The molecule has 0 spiro atoms. The standard InChI is InChI=1S/C19H22ClN3O4S/c1-14(19(24)23-9-11-27-12-10-23)21-16-3-2-4-17(13-16)22-28(25,26)18-7-5-15(20)6-8-18/h2-8,13-14,21-22H,9-12H2,1H3. The molecule has 0 radical (unpaired) electrons. The van der Waals surface area contributed by atoms with Crippen LogP contribution in [0.3, 0.4) is 0 Å². The minimum atomic E-state index is -3.73. The Balaban J connectivity index is 1.68. The zero-order chi connectivity index (χ0) is 20.1. The van der Waals surface area contributed by atoms with E-state index in [1.807, 2.05) is 0 Å². The maximum Gasteiger partial charge on any atom is 0.261 e. The number of hydrogen-bond acceptors (Lipinski definition) is 5. The van der Waals surface area contributed by atoms with Gasteiger partial charge in [-0.05, 0) is 49.4 Å². The van der Waals surface area contributed by atoms with E-state index in [4.69, 9.17) is 16.3 Å². The number of halogens is 1. The molecule has 1 fully saturated rings. The Bertz CT molecular complexity index is 928. The predicted molar refractivity (Wildman–Crippen MR) is 109 cm³/mol. The first-order valence-electron chi connectivity index (χ1n) is 8.87. The maximum atomic E-state index is 12.5. The maximum absolute atomic E-state index is 12.5. The lowest BCUT2D eigenvalue weighted by molar-refractivity contribution is -0.135. The smallest absolute Gasteiger partial charge is 0.261 e. The van der Waals surface area contributed by atoms with Crippen LogP contribution in [0.25, 0.3) is 0 Å². The number of carbonyl (C=O) groups excluding carboxylic acids is 1. The molecular weight excluding hydrogens is 402 g/mol. The van der Waals surface area contributed by atoms with E-state index in [1.165, 1.54) is 24.3 Å². The lowest BCUT2D eigenvalue weighted by Gasteiger charge is -2.29. The number of nitrogens with zero attached hydrogens (tertiary/aromatic N) is 1. The van der Waals surface area contributed by atoms with Crippen LogP contribution in [0, 0.1) is 0 Å². The second-order valence-electron chi connectivity index (χ2n) is 6.44. The lowest BCUT2D eigenvalue weighted by atomic mass is 10.2. The Morgan fingerprint density at radius 1 is 1.11 bits per heavy atom. The third-order valence-corrected chi connectivity index (χ3v) is 5.96. The van der Waals surface area contributed by atoms with Crippen LogP contribution in [0.1, 0.15) is 6.92 Å². The number of benzene rings is 2. The Kier molecular flexibility index (Phi) is 6.43. The molecule has 7 nitrogen and oxygen atoms in total. The van der Waals surface area contributed by atoms with Crippen molar-refractivity contribution in [3.8, 4) is 0 Å². The number of nitrogens with one attached hydrogen (secondary N) is 2. The van der Waals surface area contributed by atoms with Crippen molar-refractivity contribution >= 4 is 38.9 Å². The molecule has 9 heteroatoms. The van der Waals surface area contributed by atoms with Gasteiger partial charge in [-0.3, -0.25) is 9.52 Å². The van der Waals surface area contributed by atoms with Crippen molar-refractivity contribution in [3.63, 3.8) is 0 Å².